The summed E-state index contributed by atoms with van der Waals surface area (Å²) < 4.78 is 5.43. The van der Waals surface area contributed by atoms with Gasteiger partial charge in [0.15, 0.2) is 15.6 Å². The van der Waals surface area contributed by atoms with E-state index < -0.39 is 5.91 Å². The number of thiazole rings is 1. The third-order valence-corrected chi connectivity index (χ3v) is 6.72. The molecule has 4 aromatic rings. The lowest BCUT2D eigenvalue weighted by Gasteiger charge is -2.13. The molecule has 1 aliphatic rings. The number of aryl methyl sites for hydroxylation is 1. The second-order valence-electron chi connectivity index (χ2n) is 7.95. The second kappa shape index (κ2) is 9.03. The molecule has 34 heavy (non-hydrogen) atoms. The summed E-state index contributed by atoms with van der Waals surface area (Å²) in [5, 5.41) is 3.47. The minimum absolute atomic E-state index is 0.0906. The van der Waals surface area contributed by atoms with Gasteiger partial charge in [0.25, 0.3) is 5.91 Å². The van der Waals surface area contributed by atoms with Crippen LogP contribution in [0.1, 0.15) is 46.9 Å². The van der Waals surface area contributed by atoms with Crippen molar-refractivity contribution < 1.29 is 14.3 Å². The summed E-state index contributed by atoms with van der Waals surface area (Å²) in [6.07, 6.45) is 6.54. The van der Waals surface area contributed by atoms with Crippen molar-refractivity contribution in [2.24, 2.45) is 0 Å². The van der Waals surface area contributed by atoms with Crippen molar-refractivity contribution in [1.82, 2.24) is 24.9 Å². The number of anilines is 1. The summed E-state index contributed by atoms with van der Waals surface area (Å²) in [4.78, 5) is 47.2. The maximum absolute atomic E-state index is 13.2. The fraction of sp³-hybridized carbons (Fsp3) is 0.261. The van der Waals surface area contributed by atoms with E-state index in [4.69, 9.17) is 16.3 Å². The van der Waals surface area contributed by atoms with Crippen molar-refractivity contribution in [1.29, 1.82) is 0 Å². The molecule has 172 valence electrons. The van der Waals surface area contributed by atoms with Crippen LogP contribution in [0, 0.1) is 6.92 Å². The van der Waals surface area contributed by atoms with Crippen molar-refractivity contribution in [2.45, 2.75) is 32.1 Å². The molecule has 0 aliphatic heterocycles. The van der Waals surface area contributed by atoms with Crippen LogP contribution in [0.3, 0.4) is 0 Å². The van der Waals surface area contributed by atoms with Gasteiger partial charge in [0.2, 0.25) is 0 Å². The third kappa shape index (κ3) is 4.34. The molecule has 0 saturated heterocycles. The van der Waals surface area contributed by atoms with Gasteiger partial charge in [0, 0.05) is 41.8 Å². The number of fused-ring (bicyclic) bond motifs is 1. The van der Waals surface area contributed by atoms with E-state index in [1.807, 2.05) is 6.92 Å². The first-order valence-corrected chi connectivity index (χ1v) is 11.7. The van der Waals surface area contributed by atoms with Crippen LogP contribution in [-0.4, -0.2) is 43.7 Å². The number of hydrogen-bond acceptors (Lipinski definition) is 9. The van der Waals surface area contributed by atoms with Crippen LogP contribution >= 0.6 is 22.9 Å². The van der Waals surface area contributed by atoms with Crippen molar-refractivity contribution in [3.8, 4) is 16.9 Å². The molecule has 1 fully saturated rings. The molecule has 4 aromatic heterocycles. The van der Waals surface area contributed by atoms with Gasteiger partial charge in [-0.2, -0.15) is 4.98 Å². The maximum atomic E-state index is 13.2. The van der Waals surface area contributed by atoms with E-state index in [2.05, 4.69) is 30.2 Å². The molecule has 0 spiro atoms. The van der Waals surface area contributed by atoms with Gasteiger partial charge in [0.05, 0.1) is 30.8 Å². The molecule has 0 radical (unpaired) electrons. The summed E-state index contributed by atoms with van der Waals surface area (Å²) in [6, 6.07) is 3.44. The first kappa shape index (κ1) is 22.3. The highest BCUT2D eigenvalue weighted by Crippen LogP contribution is 2.35. The number of ether oxygens (including phenoxy) is 1. The Kier molecular flexibility index (Phi) is 5.93. The Hall–Kier alpha value is -3.50. The summed E-state index contributed by atoms with van der Waals surface area (Å²) in [6.45, 7) is 1.83. The zero-order valence-corrected chi connectivity index (χ0v) is 19.9. The SMILES string of the molecule is COc1cnc(Cl)cc1-c1cc(C)ncc1C(=O)Nc1nc2ncc(C3CCC(=O)C3)nc2s1. The molecule has 1 atom stereocenters. The number of nitrogens with zero attached hydrogens (tertiary/aromatic N) is 5. The number of aromatic nitrogens is 5. The minimum atomic E-state index is -0.391. The van der Waals surface area contributed by atoms with Crippen molar-refractivity contribution >= 4 is 50.2 Å². The number of carbonyl (C=O) groups excluding carboxylic acids is 2. The number of Topliss-reactive ketones (excluding diaryl/α,β-unsaturated/α-hetero) is 1. The number of halogens is 1. The Morgan fingerprint density at radius 3 is 2.76 bits per heavy atom. The predicted octanol–water partition coefficient (Wildman–Crippen LogP) is 4.60. The maximum Gasteiger partial charge on any atom is 0.259 e. The van der Waals surface area contributed by atoms with Gasteiger partial charge in [-0.1, -0.05) is 22.9 Å². The third-order valence-electron chi connectivity index (χ3n) is 5.66. The molecule has 9 nitrogen and oxygen atoms in total. The highest BCUT2D eigenvalue weighted by atomic mass is 35.5. The smallest absolute Gasteiger partial charge is 0.259 e. The molecule has 4 heterocycles. The Morgan fingerprint density at radius 2 is 2.00 bits per heavy atom. The summed E-state index contributed by atoms with van der Waals surface area (Å²) in [5.41, 5.74) is 3.52. The lowest BCUT2D eigenvalue weighted by Crippen LogP contribution is -2.14. The zero-order valence-electron chi connectivity index (χ0n) is 18.3. The molecule has 0 bridgehead atoms. The average Bonchev–Trinajstić information content (AvgIpc) is 3.43. The molecule has 1 N–H and O–H groups in total. The van der Waals surface area contributed by atoms with E-state index in [-0.39, 0.29) is 16.9 Å². The monoisotopic (exact) mass is 494 g/mol. The molecule has 1 saturated carbocycles. The Morgan fingerprint density at radius 1 is 1.15 bits per heavy atom. The summed E-state index contributed by atoms with van der Waals surface area (Å²) in [5.74, 6) is 0.431. The number of nitrogens with one attached hydrogen (secondary N) is 1. The van der Waals surface area contributed by atoms with E-state index >= 15 is 0 Å². The van der Waals surface area contributed by atoms with Crippen LogP contribution in [0.4, 0.5) is 5.13 Å². The molecule has 1 unspecified atom stereocenters. The lowest BCUT2D eigenvalue weighted by atomic mass is 10.0. The molecule has 1 aliphatic carbocycles. The van der Waals surface area contributed by atoms with Gasteiger partial charge in [0.1, 0.15) is 16.7 Å². The van der Waals surface area contributed by atoms with Gasteiger partial charge < -0.3 is 4.74 Å². The number of rotatable bonds is 5. The van der Waals surface area contributed by atoms with Crippen LogP contribution in [0.5, 0.6) is 5.75 Å². The molecule has 11 heteroatoms. The van der Waals surface area contributed by atoms with Gasteiger partial charge >= 0.3 is 0 Å². The lowest BCUT2D eigenvalue weighted by molar-refractivity contribution is -0.117. The first-order valence-electron chi connectivity index (χ1n) is 10.5. The van der Waals surface area contributed by atoms with Gasteiger partial charge in [-0.3, -0.25) is 19.9 Å². The number of carbonyl (C=O) groups is 2. The molecule has 0 aromatic carbocycles. The Balaban J connectivity index is 1.46. The Bertz CT molecular complexity index is 1440. The van der Waals surface area contributed by atoms with Crippen LogP contribution < -0.4 is 10.1 Å². The summed E-state index contributed by atoms with van der Waals surface area (Å²) >= 11 is 7.35. The highest BCUT2D eigenvalue weighted by molar-refractivity contribution is 7.21. The standard InChI is InChI=1S/C23H19ClN6O3S/c1-11-5-14(15-7-19(24)26-10-18(15)33-2)16(8-25-11)21(32)30-23-29-20-22(34-23)28-17(9-27-20)12-3-4-13(31)6-12/h5,7-10,12H,3-4,6H2,1-2H3,(H,27,29,30,32). The number of ketones is 1. The summed E-state index contributed by atoms with van der Waals surface area (Å²) in [7, 11) is 1.53. The van der Waals surface area contributed by atoms with Crippen molar-refractivity contribution in [3.05, 3.63) is 52.8 Å². The number of methoxy groups -OCH3 is 1. The normalized spacial score (nSPS) is 15.6. The highest BCUT2D eigenvalue weighted by Gasteiger charge is 2.26. The second-order valence-corrected chi connectivity index (χ2v) is 9.32. The number of hydrogen-bond donors (Lipinski definition) is 1. The van der Waals surface area contributed by atoms with E-state index in [1.165, 1.54) is 30.8 Å². The van der Waals surface area contributed by atoms with Crippen LogP contribution in [0.25, 0.3) is 21.6 Å². The van der Waals surface area contributed by atoms with Crippen molar-refractivity contribution in [2.75, 3.05) is 12.4 Å². The molecular weight excluding hydrogens is 476 g/mol. The average molecular weight is 495 g/mol. The number of amides is 1. The largest absolute Gasteiger partial charge is 0.494 e. The Labute approximate surface area is 203 Å². The van der Waals surface area contributed by atoms with Gasteiger partial charge in [-0.05, 0) is 25.5 Å². The van der Waals surface area contributed by atoms with Crippen LogP contribution in [0.15, 0.2) is 30.7 Å². The number of pyridine rings is 2. The van der Waals surface area contributed by atoms with Crippen molar-refractivity contribution in [3.63, 3.8) is 0 Å². The van der Waals surface area contributed by atoms with Crippen LogP contribution in [0.2, 0.25) is 5.15 Å². The molecule has 1 amide bonds. The van der Waals surface area contributed by atoms with Crippen LogP contribution in [-0.2, 0) is 4.79 Å². The quantitative estimate of drug-likeness (QED) is 0.399. The molecular formula is C23H19ClN6O3S. The zero-order chi connectivity index (χ0) is 23.8. The van der Waals surface area contributed by atoms with Gasteiger partial charge in [-0.15, -0.1) is 0 Å². The topological polar surface area (TPSA) is 120 Å². The fourth-order valence-electron chi connectivity index (χ4n) is 3.97. The van der Waals surface area contributed by atoms with Gasteiger partial charge in [-0.25, -0.2) is 15.0 Å². The minimum Gasteiger partial charge on any atom is -0.494 e. The predicted molar refractivity (Wildman–Crippen MR) is 129 cm³/mol. The first-order chi connectivity index (χ1) is 16.4. The van der Waals surface area contributed by atoms with E-state index in [0.717, 1.165) is 17.8 Å². The van der Waals surface area contributed by atoms with E-state index in [9.17, 15) is 9.59 Å². The van der Waals surface area contributed by atoms with E-state index in [1.54, 1.807) is 18.3 Å². The van der Waals surface area contributed by atoms with E-state index in [0.29, 0.717) is 50.9 Å². The fourth-order valence-corrected chi connectivity index (χ4v) is 4.93. The molecule has 5 rings (SSSR count).